The van der Waals surface area contributed by atoms with Crippen LogP contribution in [0.2, 0.25) is 0 Å². The molecule has 4 nitrogen and oxygen atoms in total. The Labute approximate surface area is 116 Å². The van der Waals surface area contributed by atoms with Crippen LogP contribution in [-0.2, 0) is 4.79 Å². The maximum absolute atomic E-state index is 11.5. The highest BCUT2D eigenvalue weighted by Gasteiger charge is 2.18. The van der Waals surface area contributed by atoms with Gasteiger partial charge in [-0.05, 0) is 17.7 Å². The van der Waals surface area contributed by atoms with Gasteiger partial charge in [-0.1, -0.05) is 42.5 Å². The molecule has 20 heavy (non-hydrogen) atoms. The van der Waals surface area contributed by atoms with E-state index in [1.165, 1.54) is 6.92 Å². The third-order valence-electron chi connectivity index (χ3n) is 3.16. The Balaban J connectivity index is 2.06. The van der Waals surface area contributed by atoms with Crippen LogP contribution in [0.25, 0.3) is 11.0 Å². The maximum atomic E-state index is 11.5. The second kappa shape index (κ2) is 5.17. The fourth-order valence-electron chi connectivity index (χ4n) is 2.27. The first-order chi connectivity index (χ1) is 9.74. The second-order valence-corrected chi connectivity index (χ2v) is 4.68. The summed E-state index contributed by atoms with van der Waals surface area (Å²) in [6.07, 6.45) is 0. The van der Waals surface area contributed by atoms with E-state index in [-0.39, 0.29) is 11.9 Å². The molecule has 0 aliphatic heterocycles. The van der Waals surface area contributed by atoms with Crippen molar-refractivity contribution >= 4 is 16.9 Å². The molecule has 0 saturated heterocycles. The van der Waals surface area contributed by atoms with E-state index in [4.69, 9.17) is 0 Å². The zero-order valence-corrected chi connectivity index (χ0v) is 11.1. The van der Waals surface area contributed by atoms with E-state index in [0.717, 1.165) is 22.4 Å². The number of amides is 1. The number of rotatable bonds is 3. The Morgan fingerprint density at radius 2 is 1.80 bits per heavy atom. The van der Waals surface area contributed by atoms with Crippen LogP contribution in [0.4, 0.5) is 0 Å². The summed E-state index contributed by atoms with van der Waals surface area (Å²) >= 11 is 0. The van der Waals surface area contributed by atoms with Crippen molar-refractivity contribution in [2.45, 2.75) is 13.0 Å². The summed E-state index contributed by atoms with van der Waals surface area (Å²) in [5.74, 6) is 0.659. The van der Waals surface area contributed by atoms with Crippen molar-refractivity contribution in [2.75, 3.05) is 0 Å². The lowest BCUT2D eigenvalue weighted by atomic mass is 10.1. The second-order valence-electron chi connectivity index (χ2n) is 4.68. The van der Waals surface area contributed by atoms with Crippen LogP contribution in [0, 0.1) is 0 Å². The molecule has 1 atom stereocenters. The van der Waals surface area contributed by atoms with Crippen molar-refractivity contribution in [3.05, 3.63) is 66.0 Å². The van der Waals surface area contributed by atoms with Gasteiger partial charge < -0.3 is 10.3 Å². The average Bonchev–Trinajstić information content (AvgIpc) is 2.89. The first kappa shape index (κ1) is 12.4. The van der Waals surface area contributed by atoms with Crippen LogP contribution >= 0.6 is 0 Å². The van der Waals surface area contributed by atoms with E-state index in [1.807, 2.05) is 54.6 Å². The summed E-state index contributed by atoms with van der Waals surface area (Å²) in [6, 6.07) is 17.4. The van der Waals surface area contributed by atoms with Crippen LogP contribution in [0.5, 0.6) is 0 Å². The van der Waals surface area contributed by atoms with Gasteiger partial charge in [-0.25, -0.2) is 4.98 Å². The number of fused-ring (bicyclic) bond motifs is 1. The van der Waals surface area contributed by atoms with Gasteiger partial charge >= 0.3 is 0 Å². The van der Waals surface area contributed by atoms with Crippen molar-refractivity contribution in [3.8, 4) is 0 Å². The largest absolute Gasteiger partial charge is 0.342 e. The number of benzene rings is 2. The van der Waals surface area contributed by atoms with Crippen molar-refractivity contribution in [3.63, 3.8) is 0 Å². The third kappa shape index (κ3) is 2.40. The number of hydrogen-bond donors (Lipinski definition) is 2. The van der Waals surface area contributed by atoms with Gasteiger partial charge in [0, 0.05) is 6.92 Å². The molecular formula is C16H15N3O. The molecule has 2 aromatic carbocycles. The highest BCUT2D eigenvalue weighted by molar-refractivity contribution is 5.76. The molecule has 1 heterocycles. The topological polar surface area (TPSA) is 57.8 Å². The highest BCUT2D eigenvalue weighted by Crippen LogP contribution is 2.22. The molecule has 0 bridgehead atoms. The lowest BCUT2D eigenvalue weighted by Crippen LogP contribution is -2.27. The number of aromatic nitrogens is 2. The molecule has 0 radical (unpaired) electrons. The Hall–Kier alpha value is -2.62. The van der Waals surface area contributed by atoms with Gasteiger partial charge in [0.1, 0.15) is 11.9 Å². The van der Waals surface area contributed by atoms with Gasteiger partial charge in [0.2, 0.25) is 5.91 Å². The zero-order chi connectivity index (χ0) is 13.9. The number of H-pyrrole nitrogens is 1. The van der Waals surface area contributed by atoms with E-state index in [0.29, 0.717) is 0 Å². The predicted octanol–water partition coefficient (Wildman–Crippen LogP) is 2.79. The number of imidazole rings is 1. The van der Waals surface area contributed by atoms with Gasteiger partial charge in [-0.3, -0.25) is 4.79 Å². The van der Waals surface area contributed by atoms with Crippen molar-refractivity contribution in [1.82, 2.24) is 15.3 Å². The molecule has 3 aromatic rings. The molecule has 0 aliphatic carbocycles. The smallest absolute Gasteiger partial charge is 0.217 e. The summed E-state index contributed by atoms with van der Waals surface area (Å²) in [4.78, 5) is 19.3. The van der Waals surface area contributed by atoms with Crippen LogP contribution in [0.3, 0.4) is 0 Å². The number of para-hydroxylation sites is 2. The maximum Gasteiger partial charge on any atom is 0.217 e. The van der Waals surface area contributed by atoms with Crippen molar-refractivity contribution < 1.29 is 4.79 Å². The third-order valence-corrected chi connectivity index (χ3v) is 3.16. The first-order valence-electron chi connectivity index (χ1n) is 6.51. The zero-order valence-electron chi connectivity index (χ0n) is 11.1. The summed E-state index contributed by atoms with van der Waals surface area (Å²) in [7, 11) is 0. The molecule has 1 amide bonds. The Bertz CT molecular complexity index is 701. The number of carbonyl (C=O) groups is 1. The molecule has 3 rings (SSSR count). The summed E-state index contributed by atoms with van der Waals surface area (Å²) in [5, 5.41) is 2.94. The number of nitrogens with zero attached hydrogens (tertiary/aromatic N) is 1. The summed E-state index contributed by atoms with van der Waals surface area (Å²) < 4.78 is 0. The molecule has 0 aliphatic rings. The minimum atomic E-state index is -0.263. The van der Waals surface area contributed by atoms with Crippen LogP contribution in [0.15, 0.2) is 54.6 Å². The number of aromatic amines is 1. The Kier molecular flexibility index (Phi) is 3.21. The molecule has 0 unspecified atom stereocenters. The lowest BCUT2D eigenvalue weighted by Gasteiger charge is -2.15. The molecule has 1 aromatic heterocycles. The predicted molar refractivity (Wildman–Crippen MR) is 78.2 cm³/mol. The van der Waals surface area contributed by atoms with E-state index in [1.54, 1.807) is 0 Å². The van der Waals surface area contributed by atoms with E-state index >= 15 is 0 Å². The van der Waals surface area contributed by atoms with Crippen LogP contribution in [0.1, 0.15) is 24.4 Å². The van der Waals surface area contributed by atoms with Crippen molar-refractivity contribution in [2.24, 2.45) is 0 Å². The average molecular weight is 265 g/mol. The summed E-state index contributed by atoms with van der Waals surface area (Å²) in [5.41, 5.74) is 2.87. The summed E-state index contributed by atoms with van der Waals surface area (Å²) in [6.45, 7) is 1.51. The van der Waals surface area contributed by atoms with Crippen LogP contribution < -0.4 is 5.32 Å². The molecule has 100 valence electrons. The molecule has 0 fully saturated rings. The Morgan fingerprint density at radius 3 is 2.50 bits per heavy atom. The molecule has 4 heteroatoms. The van der Waals surface area contributed by atoms with Crippen molar-refractivity contribution in [1.29, 1.82) is 0 Å². The monoisotopic (exact) mass is 265 g/mol. The van der Waals surface area contributed by atoms with Crippen LogP contribution in [-0.4, -0.2) is 15.9 Å². The SMILES string of the molecule is CC(=O)N[C@@H](c1ccccc1)c1nc2ccccc2[nH]1. The molecule has 0 saturated carbocycles. The minimum absolute atomic E-state index is 0.0840. The minimum Gasteiger partial charge on any atom is -0.342 e. The first-order valence-corrected chi connectivity index (χ1v) is 6.51. The molecular weight excluding hydrogens is 250 g/mol. The lowest BCUT2D eigenvalue weighted by molar-refractivity contribution is -0.119. The van der Waals surface area contributed by atoms with Gasteiger partial charge in [0.05, 0.1) is 11.0 Å². The number of nitrogens with one attached hydrogen (secondary N) is 2. The van der Waals surface area contributed by atoms with E-state index in [2.05, 4.69) is 15.3 Å². The Morgan fingerprint density at radius 1 is 1.10 bits per heavy atom. The highest BCUT2D eigenvalue weighted by atomic mass is 16.1. The fourth-order valence-corrected chi connectivity index (χ4v) is 2.27. The van der Waals surface area contributed by atoms with E-state index in [9.17, 15) is 4.79 Å². The fraction of sp³-hybridized carbons (Fsp3) is 0.125. The quantitative estimate of drug-likeness (QED) is 0.765. The molecule has 0 spiro atoms. The van der Waals surface area contributed by atoms with Gasteiger partial charge in [0.25, 0.3) is 0 Å². The normalized spacial score (nSPS) is 12.2. The van der Waals surface area contributed by atoms with Gasteiger partial charge in [-0.15, -0.1) is 0 Å². The van der Waals surface area contributed by atoms with Gasteiger partial charge in [-0.2, -0.15) is 0 Å². The standard InChI is InChI=1S/C16H15N3O/c1-11(20)17-15(12-7-3-2-4-8-12)16-18-13-9-5-6-10-14(13)19-16/h2-10,15H,1H3,(H,17,20)(H,18,19)/t15-/m0/s1. The number of hydrogen-bond acceptors (Lipinski definition) is 2. The molecule has 2 N–H and O–H groups in total. The van der Waals surface area contributed by atoms with E-state index < -0.39 is 0 Å². The van der Waals surface area contributed by atoms with Gasteiger partial charge in [0.15, 0.2) is 0 Å². The number of carbonyl (C=O) groups excluding carboxylic acids is 1.